The number of ketones is 1. The highest BCUT2D eigenvalue weighted by Gasteiger charge is 2.44. The molecule has 1 aromatic carbocycles. The van der Waals surface area contributed by atoms with Gasteiger partial charge in [-0.1, -0.05) is 29.3 Å². The summed E-state index contributed by atoms with van der Waals surface area (Å²) >= 11 is 0.891. The van der Waals surface area contributed by atoms with Gasteiger partial charge < -0.3 is 19.7 Å². The van der Waals surface area contributed by atoms with Crippen molar-refractivity contribution in [3.05, 3.63) is 59.9 Å². The lowest BCUT2D eigenvalue weighted by Gasteiger charge is -2.32. The molecule has 1 atom stereocenters. The van der Waals surface area contributed by atoms with Crippen LogP contribution in [0.2, 0.25) is 0 Å². The number of benzene rings is 1. The lowest BCUT2D eigenvalue weighted by molar-refractivity contribution is -0.526. The molecule has 2 aliphatic heterocycles. The van der Waals surface area contributed by atoms with Gasteiger partial charge in [0.2, 0.25) is 0 Å². The minimum atomic E-state index is -4.23. The summed E-state index contributed by atoms with van der Waals surface area (Å²) in [4.78, 5) is 97.1. The molecule has 1 aromatic rings. The topological polar surface area (TPSA) is 264 Å². The third-order valence-electron chi connectivity index (χ3n) is 9.91. The van der Waals surface area contributed by atoms with E-state index in [0.29, 0.717) is 53.1 Å². The van der Waals surface area contributed by atoms with Gasteiger partial charge in [-0.3, -0.25) is 28.5 Å². The van der Waals surface area contributed by atoms with Crippen LogP contribution in [0.5, 0.6) is 0 Å². The van der Waals surface area contributed by atoms with E-state index in [4.69, 9.17) is 14.9 Å². The Morgan fingerprint density at radius 1 is 0.800 bits per heavy atom. The van der Waals surface area contributed by atoms with Crippen LogP contribution in [0.1, 0.15) is 69.8 Å². The Kier molecular flexibility index (Phi) is 16.3. The third-order valence-corrected chi connectivity index (χ3v) is 11.3. The minimum Gasteiger partial charge on any atom is -0.511 e. The fourth-order valence-electron chi connectivity index (χ4n) is 6.93. The summed E-state index contributed by atoms with van der Waals surface area (Å²) in [7, 11) is -4.23. The van der Waals surface area contributed by atoms with E-state index in [9.17, 15) is 51.6 Å². The number of imide groups is 2. The van der Waals surface area contributed by atoms with Crippen molar-refractivity contribution in [1.29, 1.82) is 0 Å². The molecule has 0 aromatic heterocycles. The van der Waals surface area contributed by atoms with Crippen LogP contribution in [0.15, 0.2) is 54.3 Å². The van der Waals surface area contributed by atoms with Gasteiger partial charge in [-0.15, -0.1) is 14.5 Å². The van der Waals surface area contributed by atoms with E-state index in [-0.39, 0.29) is 81.6 Å². The maximum absolute atomic E-state index is 13.5. The number of nitrogens with zero attached hydrogens (tertiary/aromatic N) is 4. The van der Waals surface area contributed by atoms with Crippen molar-refractivity contribution >= 4 is 80.5 Å². The van der Waals surface area contributed by atoms with Crippen LogP contribution >= 0.6 is 12.0 Å². The van der Waals surface area contributed by atoms with Crippen LogP contribution in [0, 0.1) is 11.8 Å². The first kappa shape index (κ1) is 45.8. The predicted molar refractivity (Wildman–Crippen MR) is 209 cm³/mol. The molecule has 22 heteroatoms. The van der Waals surface area contributed by atoms with Crippen molar-refractivity contribution in [1.82, 2.24) is 10.1 Å². The van der Waals surface area contributed by atoms with Crippen molar-refractivity contribution in [2.75, 3.05) is 42.6 Å². The molecule has 324 valence electrons. The SMILES string of the molecule is O=C(CCCN(CCCSOOO)c1ccc(C2=C(O)C(C3C=CC(=[N+](CCCC(=O)ON4C(=O)CCC4=O)CCCS(=O)(=O)O)C=C3)C2=O)cc1)ON1C(=O)CCC1=O. The van der Waals surface area contributed by atoms with E-state index in [1.54, 1.807) is 53.1 Å². The zero-order chi connectivity index (χ0) is 43.4. The fraction of sp³-hybridized carbons (Fsp3) is 0.474. The molecule has 2 fully saturated rings. The summed E-state index contributed by atoms with van der Waals surface area (Å²) in [6.45, 7) is 1.28. The highest BCUT2D eigenvalue weighted by Crippen LogP contribution is 2.42. The Labute approximate surface area is 348 Å². The molecule has 0 saturated carbocycles. The number of rotatable bonds is 23. The molecule has 4 aliphatic rings. The molecule has 2 aliphatic carbocycles. The molecule has 5 rings (SSSR count). The first-order valence-electron chi connectivity index (χ1n) is 19.2. The van der Waals surface area contributed by atoms with Gasteiger partial charge >= 0.3 is 11.9 Å². The summed E-state index contributed by atoms with van der Waals surface area (Å²) < 4.78 is 38.2. The van der Waals surface area contributed by atoms with Crippen molar-refractivity contribution in [3.63, 3.8) is 0 Å². The van der Waals surface area contributed by atoms with Gasteiger partial charge in [0.05, 0.1) is 23.7 Å². The predicted octanol–water partition coefficient (Wildman–Crippen LogP) is 2.67. The average Bonchev–Trinajstić information content (AvgIpc) is 3.70. The lowest BCUT2D eigenvalue weighted by Crippen LogP contribution is -2.36. The number of hydrogen-bond donors (Lipinski definition) is 3. The first-order valence-corrected chi connectivity index (χ1v) is 21.7. The lowest BCUT2D eigenvalue weighted by atomic mass is 9.71. The van der Waals surface area contributed by atoms with Crippen LogP contribution in [-0.4, -0.2) is 123 Å². The van der Waals surface area contributed by atoms with Gasteiger partial charge in [0.1, 0.15) is 18.8 Å². The number of Topliss-reactive ketones (excluding diaryl/α,β-unsaturated/α-hetero) is 1. The van der Waals surface area contributed by atoms with Crippen molar-refractivity contribution in [3.8, 4) is 0 Å². The second kappa shape index (κ2) is 21.3. The molecule has 1 unspecified atom stereocenters. The number of hydrogen-bond acceptors (Lipinski definition) is 17. The number of carbonyl (C=O) groups is 7. The molecule has 4 amide bonds. The standard InChI is InChI=1S/C38H44N4O16S2/c43-29-15-16-30(44)41(29)55-33(47)5-1-19-39(21-3-23-59-58-57-51)27-11-7-25(8-12-27)35-37(49)36(38(35)50)26-9-13-28(14-10-26)40(22-4-24-60(52,53)54)20-2-6-34(48)56-42-31(45)17-18-32(42)46/h7-14,26,36H,1-6,15-24H2,(H2-,49,51,52,53,54)/p+1. The maximum atomic E-state index is 13.5. The fourth-order valence-corrected chi connectivity index (χ4v) is 7.78. The molecule has 0 spiro atoms. The largest absolute Gasteiger partial charge is 0.511 e. The Balaban J connectivity index is 1.20. The smallest absolute Gasteiger partial charge is 0.333 e. The quantitative estimate of drug-likeness (QED) is 0.0271. The van der Waals surface area contributed by atoms with Gasteiger partial charge in [-0.05, 0) is 30.5 Å². The number of aliphatic hydroxyl groups excluding tert-OH is 1. The van der Waals surface area contributed by atoms with E-state index in [2.05, 4.69) is 9.37 Å². The van der Waals surface area contributed by atoms with Gasteiger partial charge in [-0.2, -0.15) is 8.42 Å². The molecule has 60 heavy (non-hydrogen) atoms. The van der Waals surface area contributed by atoms with Crippen molar-refractivity contribution in [2.45, 2.75) is 64.2 Å². The van der Waals surface area contributed by atoms with Gasteiger partial charge in [0, 0.05) is 99.6 Å². The van der Waals surface area contributed by atoms with Crippen molar-refractivity contribution in [2.24, 2.45) is 11.8 Å². The maximum Gasteiger partial charge on any atom is 0.333 e. The van der Waals surface area contributed by atoms with Gasteiger partial charge in [0.25, 0.3) is 33.7 Å². The molecular weight excluding hydrogens is 833 g/mol. The summed E-state index contributed by atoms with van der Waals surface area (Å²) in [6, 6.07) is 6.91. The van der Waals surface area contributed by atoms with Crippen LogP contribution in [-0.2, 0) is 62.7 Å². The molecule has 0 radical (unpaired) electrons. The Morgan fingerprint density at radius 3 is 1.87 bits per heavy atom. The normalized spacial score (nSPS) is 19.1. The summed E-state index contributed by atoms with van der Waals surface area (Å²) in [5.41, 5.74) is 2.01. The molecule has 0 bridgehead atoms. The van der Waals surface area contributed by atoms with E-state index in [1.807, 2.05) is 4.90 Å². The monoisotopic (exact) mass is 877 g/mol. The molecule has 3 N–H and O–H groups in total. The molecule has 2 heterocycles. The summed E-state index contributed by atoms with van der Waals surface area (Å²) in [5.74, 6) is -5.62. The van der Waals surface area contributed by atoms with Crippen LogP contribution < -0.4 is 4.90 Å². The number of allylic oxidation sites excluding steroid dienone is 6. The highest BCUT2D eigenvalue weighted by atomic mass is 32.2. The number of amides is 4. The van der Waals surface area contributed by atoms with E-state index >= 15 is 0 Å². The van der Waals surface area contributed by atoms with Crippen molar-refractivity contribution < 1.29 is 80.5 Å². The van der Waals surface area contributed by atoms with E-state index < -0.39 is 63.3 Å². The molecule has 20 nitrogen and oxygen atoms in total. The Morgan fingerprint density at radius 2 is 1.33 bits per heavy atom. The second-order valence-electron chi connectivity index (χ2n) is 14.1. The van der Waals surface area contributed by atoms with Crippen LogP contribution in [0.25, 0.3) is 5.57 Å². The van der Waals surface area contributed by atoms with Crippen LogP contribution in [0.4, 0.5) is 5.69 Å². The molecular formula is C38H45N4O16S2+. The number of anilines is 1. The second-order valence-corrected chi connectivity index (χ2v) is 16.5. The zero-order valence-electron chi connectivity index (χ0n) is 32.3. The molecule has 2 saturated heterocycles. The Bertz CT molecular complexity index is 2030. The number of hydroxylamine groups is 4. The minimum absolute atomic E-state index is 0.0128. The average molecular weight is 878 g/mol. The Hall–Kier alpha value is -5.26. The number of carbonyl (C=O) groups excluding carboxylic acids is 7. The highest BCUT2D eigenvalue weighted by molar-refractivity contribution is 7.94. The van der Waals surface area contributed by atoms with Crippen LogP contribution in [0.3, 0.4) is 0 Å². The summed E-state index contributed by atoms with van der Waals surface area (Å²) in [5, 5.41) is 24.1. The van der Waals surface area contributed by atoms with E-state index in [0.717, 1.165) is 17.7 Å². The van der Waals surface area contributed by atoms with Gasteiger partial charge in [0.15, 0.2) is 11.5 Å². The first-order chi connectivity index (χ1) is 28.7. The van der Waals surface area contributed by atoms with Gasteiger partial charge in [-0.25, -0.2) is 19.4 Å². The number of aliphatic hydroxyl groups is 1. The zero-order valence-corrected chi connectivity index (χ0v) is 34.0. The third kappa shape index (κ3) is 12.4. The summed E-state index contributed by atoms with van der Waals surface area (Å²) in [6.07, 6.45) is 7.74. The van der Waals surface area contributed by atoms with E-state index in [1.165, 1.54) is 0 Å².